The molecule has 2 rings (SSSR count). The van der Waals surface area contributed by atoms with Crippen molar-refractivity contribution in [3.8, 4) is 0 Å². The van der Waals surface area contributed by atoms with E-state index in [4.69, 9.17) is 5.11 Å². The Balaban J connectivity index is 1.71. The van der Waals surface area contributed by atoms with Gasteiger partial charge in [-0.25, -0.2) is 4.39 Å². The average molecular weight is 368 g/mol. The van der Waals surface area contributed by atoms with Crippen molar-refractivity contribution in [3.63, 3.8) is 0 Å². The highest BCUT2D eigenvalue weighted by atomic mass is 32.2. The Labute approximate surface area is 152 Å². The SMILES string of the molecule is CCN(CC(=O)O)C1CCN(C(=O)CCSc2ccc(F)cc2)CC1. The summed E-state index contributed by atoms with van der Waals surface area (Å²) >= 11 is 1.55. The van der Waals surface area contributed by atoms with Crippen LogP contribution in [0, 0.1) is 5.82 Å². The zero-order valence-corrected chi connectivity index (χ0v) is 15.3. The summed E-state index contributed by atoms with van der Waals surface area (Å²) in [6.07, 6.45) is 2.09. The largest absolute Gasteiger partial charge is 0.480 e. The number of aliphatic carboxylic acids is 1. The van der Waals surface area contributed by atoms with Gasteiger partial charge in [-0.1, -0.05) is 6.92 Å². The molecule has 1 N–H and O–H groups in total. The summed E-state index contributed by atoms with van der Waals surface area (Å²) in [4.78, 5) is 28.0. The minimum Gasteiger partial charge on any atom is -0.480 e. The third kappa shape index (κ3) is 6.32. The number of halogens is 1. The zero-order chi connectivity index (χ0) is 18.2. The summed E-state index contributed by atoms with van der Waals surface area (Å²) < 4.78 is 12.9. The molecule has 25 heavy (non-hydrogen) atoms. The molecule has 1 fully saturated rings. The Morgan fingerprint density at radius 2 is 1.92 bits per heavy atom. The predicted octanol–water partition coefficient (Wildman–Crippen LogP) is 2.71. The molecular formula is C18H25FN2O3S. The molecule has 0 radical (unpaired) electrons. The first-order chi connectivity index (χ1) is 12.0. The van der Waals surface area contributed by atoms with Gasteiger partial charge in [0, 0.05) is 36.2 Å². The number of benzene rings is 1. The summed E-state index contributed by atoms with van der Waals surface area (Å²) in [6.45, 7) is 4.09. The molecule has 0 unspecified atom stereocenters. The van der Waals surface area contributed by atoms with Gasteiger partial charge in [0.15, 0.2) is 0 Å². The predicted molar refractivity (Wildman–Crippen MR) is 96.2 cm³/mol. The van der Waals surface area contributed by atoms with Crippen molar-refractivity contribution in [2.24, 2.45) is 0 Å². The molecule has 5 nitrogen and oxygen atoms in total. The van der Waals surface area contributed by atoms with Gasteiger partial charge in [-0.2, -0.15) is 0 Å². The maximum absolute atomic E-state index is 12.9. The lowest BCUT2D eigenvalue weighted by Crippen LogP contribution is -2.48. The third-order valence-electron chi connectivity index (χ3n) is 4.48. The second-order valence-electron chi connectivity index (χ2n) is 6.12. The first-order valence-electron chi connectivity index (χ1n) is 8.61. The number of piperidine rings is 1. The first-order valence-corrected chi connectivity index (χ1v) is 9.60. The molecular weight excluding hydrogens is 343 g/mol. The molecule has 1 aromatic rings. The molecule has 1 aliphatic rings. The number of carboxylic acids is 1. The Hall–Kier alpha value is -1.60. The van der Waals surface area contributed by atoms with Crippen LogP contribution in [0.15, 0.2) is 29.2 Å². The number of likely N-dealkylation sites (tertiary alicyclic amines) is 1. The van der Waals surface area contributed by atoms with Gasteiger partial charge < -0.3 is 10.0 Å². The van der Waals surface area contributed by atoms with E-state index in [1.165, 1.54) is 12.1 Å². The Bertz CT molecular complexity index is 574. The fraction of sp³-hybridized carbons (Fsp3) is 0.556. The third-order valence-corrected chi connectivity index (χ3v) is 5.49. The smallest absolute Gasteiger partial charge is 0.317 e. The fourth-order valence-corrected chi connectivity index (χ4v) is 3.94. The van der Waals surface area contributed by atoms with Gasteiger partial charge in [0.1, 0.15) is 5.82 Å². The standard InChI is InChI=1S/C18H25FN2O3S/c1-2-20(13-18(23)24)15-7-10-21(11-8-15)17(22)9-12-25-16-5-3-14(19)4-6-16/h3-6,15H,2,7-13H2,1H3,(H,23,24). The highest BCUT2D eigenvalue weighted by molar-refractivity contribution is 7.99. The minimum absolute atomic E-state index is 0.0590. The Morgan fingerprint density at radius 3 is 2.48 bits per heavy atom. The van der Waals surface area contributed by atoms with Crippen LogP contribution in [0.2, 0.25) is 0 Å². The van der Waals surface area contributed by atoms with E-state index in [1.54, 1.807) is 23.9 Å². The van der Waals surface area contributed by atoms with Crippen LogP contribution in [0.3, 0.4) is 0 Å². The number of hydrogen-bond acceptors (Lipinski definition) is 4. The normalized spacial score (nSPS) is 15.6. The van der Waals surface area contributed by atoms with E-state index in [0.717, 1.165) is 17.7 Å². The summed E-state index contributed by atoms with van der Waals surface area (Å²) in [5, 5.41) is 8.96. The summed E-state index contributed by atoms with van der Waals surface area (Å²) in [5.41, 5.74) is 0. The van der Waals surface area contributed by atoms with Gasteiger partial charge >= 0.3 is 5.97 Å². The van der Waals surface area contributed by atoms with E-state index in [9.17, 15) is 14.0 Å². The Kier molecular flexibility index (Phi) is 7.71. The molecule has 0 bridgehead atoms. The van der Waals surface area contributed by atoms with Crippen LogP contribution in [-0.4, -0.2) is 64.8 Å². The number of amides is 1. The van der Waals surface area contributed by atoms with Crippen LogP contribution in [0.25, 0.3) is 0 Å². The van der Waals surface area contributed by atoms with Crippen molar-refractivity contribution in [2.75, 3.05) is 31.9 Å². The molecule has 0 spiro atoms. The molecule has 1 saturated heterocycles. The number of hydrogen-bond donors (Lipinski definition) is 1. The maximum Gasteiger partial charge on any atom is 0.317 e. The number of nitrogens with zero attached hydrogens (tertiary/aromatic N) is 2. The van der Waals surface area contributed by atoms with Crippen LogP contribution in [0.5, 0.6) is 0 Å². The van der Waals surface area contributed by atoms with Crippen molar-refractivity contribution in [3.05, 3.63) is 30.1 Å². The molecule has 7 heteroatoms. The average Bonchev–Trinajstić information content (AvgIpc) is 2.61. The van der Waals surface area contributed by atoms with Crippen molar-refractivity contribution >= 4 is 23.6 Å². The topological polar surface area (TPSA) is 60.9 Å². The van der Waals surface area contributed by atoms with E-state index in [1.807, 2.05) is 16.7 Å². The van der Waals surface area contributed by atoms with E-state index >= 15 is 0 Å². The monoisotopic (exact) mass is 368 g/mol. The molecule has 0 atom stereocenters. The number of thioether (sulfide) groups is 1. The van der Waals surface area contributed by atoms with Gasteiger partial charge in [-0.05, 0) is 43.7 Å². The Morgan fingerprint density at radius 1 is 1.28 bits per heavy atom. The van der Waals surface area contributed by atoms with Gasteiger partial charge in [0.25, 0.3) is 0 Å². The number of rotatable bonds is 8. The summed E-state index contributed by atoms with van der Waals surface area (Å²) in [5.74, 6) is -0.260. The zero-order valence-electron chi connectivity index (χ0n) is 14.5. The quantitative estimate of drug-likeness (QED) is 0.715. The van der Waals surface area contributed by atoms with Gasteiger partial charge in [0.2, 0.25) is 5.91 Å². The fourth-order valence-electron chi connectivity index (χ4n) is 3.10. The van der Waals surface area contributed by atoms with Gasteiger partial charge in [-0.15, -0.1) is 11.8 Å². The van der Waals surface area contributed by atoms with Gasteiger partial charge in [0.05, 0.1) is 6.54 Å². The number of carboxylic acid groups (broad SMARTS) is 1. The highest BCUT2D eigenvalue weighted by Gasteiger charge is 2.26. The molecule has 138 valence electrons. The van der Waals surface area contributed by atoms with Crippen molar-refractivity contribution in [1.29, 1.82) is 0 Å². The van der Waals surface area contributed by atoms with Gasteiger partial charge in [-0.3, -0.25) is 14.5 Å². The molecule has 1 heterocycles. The number of carbonyl (C=O) groups is 2. The highest BCUT2D eigenvalue weighted by Crippen LogP contribution is 2.21. The molecule has 1 amide bonds. The maximum atomic E-state index is 12.9. The van der Waals surface area contributed by atoms with Crippen LogP contribution in [0.1, 0.15) is 26.2 Å². The summed E-state index contributed by atoms with van der Waals surface area (Å²) in [7, 11) is 0. The van der Waals surface area contributed by atoms with Crippen LogP contribution >= 0.6 is 11.8 Å². The van der Waals surface area contributed by atoms with Crippen molar-refractivity contribution in [1.82, 2.24) is 9.80 Å². The number of likely N-dealkylation sites (N-methyl/N-ethyl adjacent to an activating group) is 1. The van der Waals surface area contributed by atoms with Crippen LogP contribution in [0.4, 0.5) is 4.39 Å². The second-order valence-corrected chi connectivity index (χ2v) is 7.29. The van der Waals surface area contributed by atoms with E-state index in [-0.39, 0.29) is 24.3 Å². The first kappa shape index (κ1) is 19.7. The molecule has 1 aliphatic heterocycles. The van der Waals surface area contributed by atoms with E-state index in [0.29, 0.717) is 31.8 Å². The lowest BCUT2D eigenvalue weighted by atomic mass is 10.0. The number of carbonyl (C=O) groups excluding carboxylic acids is 1. The lowest BCUT2D eigenvalue weighted by molar-refractivity contribution is -0.140. The van der Waals surface area contributed by atoms with Crippen molar-refractivity contribution < 1.29 is 19.1 Å². The van der Waals surface area contributed by atoms with Crippen LogP contribution < -0.4 is 0 Å². The van der Waals surface area contributed by atoms with Crippen LogP contribution in [-0.2, 0) is 9.59 Å². The van der Waals surface area contributed by atoms with Crippen molar-refractivity contribution in [2.45, 2.75) is 37.1 Å². The summed E-state index contributed by atoms with van der Waals surface area (Å²) in [6, 6.07) is 6.52. The van der Waals surface area contributed by atoms with E-state index in [2.05, 4.69) is 0 Å². The van der Waals surface area contributed by atoms with E-state index < -0.39 is 5.97 Å². The molecule has 1 aromatic carbocycles. The minimum atomic E-state index is -0.807. The molecule has 0 aliphatic carbocycles. The second kappa shape index (κ2) is 9.77. The molecule has 0 saturated carbocycles. The molecule has 0 aromatic heterocycles. The lowest BCUT2D eigenvalue weighted by Gasteiger charge is -2.37.